The van der Waals surface area contributed by atoms with Gasteiger partial charge in [-0.05, 0) is 120 Å². The minimum atomic E-state index is -0.811. The van der Waals surface area contributed by atoms with Crippen LogP contribution in [0.3, 0.4) is 0 Å². The normalized spacial score (nSPS) is 26.5. The SMILES string of the molecule is CC.CC.CCC=C(C)C.CCCNc1ncnc2ccc(C3=CCC4C3(C)CC=C3C=C5CC(O)CCC5CC[C@@]34O)cc12.CNC. The smallest absolute Gasteiger partial charge is 0.137 e. The predicted octanol–water partition coefficient (Wildman–Crippen LogP) is 10.1. The first-order valence-corrected chi connectivity index (χ1v) is 18.8. The molecule has 4 unspecified atom stereocenters. The molecular formula is C42H68N4O2. The molecule has 5 atom stereocenters. The summed E-state index contributed by atoms with van der Waals surface area (Å²) in [5.74, 6) is 1.56. The molecule has 4 aliphatic carbocycles. The second-order valence-electron chi connectivity index (χ2n) is 13.6. The van der Waals surface area contributed by atoms with E-state index < -0.39 is 5.60 Å². The molecule has 0 spiro atoms. The number of nitrogens with one attached hydrogen (secondary N) is 2. The van der Waals surface area contributed by atoms with Gasteiger partial charge in [-0.1, -0.05) is 90.0 Å². The lowest BCUT2D eigenvalue weighted by atomic mass is 9.58. The van der Waals surface area contributed by atoms with E-state index in [1.165, 1.54) is 28.7 Å². The van der Waals surface area contributed by atoms with E-state index in [9.17, 15) is 10.2 Å². The van der Waals surface area contributed by atoms with E-state index in [0.29, 0.717) is 5.92 Å². The fraction of sp³-hybridized carbons (Fsp3) is 0.619. The summed E-state index contributed by atoms with van der Waals surface area (Å²) in [6, 6.07) is 6.53. The van der Waals surface area contributed by atoms with Crippen molar-refractivity contribution in [3.05, 3.63) is 71.1 Å². The van der Waals surface area contributed by atoms with Gasteiger partial charge in [-0.15, -0.1) is 0 Å². The van der Waals surface area contributed by atoms with Gasteiger partial charge < -0.3 is 20.8 Å². The van der Waals surface area contributed by atoms with E-state index in [1.807, 2.05) is 41.8 Å². The number of rotatable bonds is 5. The second-order valence-corrected chi connectivity index (χ2v) is 13.6. The Bertz CT molecular complexity index is 1410. The van der Waals surface area contributed by atoms with Crippen LogP contribution in [0, 0.1) is 17.3 Å². The molecule has 2 aromatic rings. The fourth-order valence-corrected chi connectivity index (χ4v) is 7.78. The zero-order valence-corrected chi connectivity index (χ0v) is 32.2. The summed E-state index contributed by atoms with van der Waals surface area (Å²) in [4.78, 5) is 9.00. The Balaban J connectivity index is 0.000000536. The molecule has 6 nitrogen and oxygen atoms in total. The van der Waals surface area contributed by atoms with Crippen LogP contribution in [0.5, 0.6) is 0 Å². The standard InChI is InChI=1S/C30H37N3O2.C6H12.C2H7N.2C2H6/c1-3-14-31-28-24-17-20(5-8-26(24)32-18-33-28)25-7-9-27-29(25,2)12-11-22-15-21-16-23(34)6-4-19(21)10-13-30(22,27)35;1-4-5-6(2)3;1-3-2;2*1-2/h5,7-8,11,15,17-19,23,27,34-35H,3-4,6,9-10,12-14,16H2,1-2H3,(H,31,32,33);5H,4H2,1-3H3;3H,1-2H3;2*1-2H3/t19?,23?,27?,29?,30-;;;;/m1..../s1. The number of aliphatic hydroxyl groups is 2. The minimum Gasteiger partial charge on any atom is -0.393 e. The highest BCUT2D eigenvalue weighted by Crippen LogP contribution is 2.61. The number of aromatic nitrogens is 2. The maximum Gasteiger partial charge on any atom is 0.137 e. The van der Waals surface area contributed by atoms with Crippen molar-refractivity contribution in [3.8, 4) is 0 Å². The Morgan fingerprint density at radius 2 is 1.73 bits per heavy atom. The first kappa shape index (κ1) is 41.4. The van der Waals surface area contributed by atoms with Crippen molar-refractivity contribution in [1.82, 2.24) is 15.3 Å². The van der Waals surface area contributed by atoms with E-state index in [1.54, 1.807) is 6.33 Å². The Hall–Kier alpha value is -2.80. The Morgan fingerprint density at radius 3 is 2.35 bits per heavy atom. The number of benzene rings is 1. The van der Waals surface area contributed by atoms with E-state index in [2.05, 4.69) is 97.7 Å². The molecule has 1 heterocycles. The number of hydrogen-bond donors (Lipinski definition) is 4. The topological polar surface area (TPSA) is 90.3 Å². The van der Waals surface area contributed by atoms with Crippen LogP contribution in [0.25, 0.3) is 16.5 Å². The van der Waals surface area contributed by atoms with Gasteiger partial charge in [0.05, 0.1) is 17.2 Å². The number of nitrogens with zero attached hydrogens (tertiary/aromatic N) is 2. The van der Waals surface area contributed by atoms with Gasteiger partial charge in [-0.25, -0.2) is 9.97 Å². The van der Waals surface area contributed by atoms with Crippen molar-refractivity contribution in [2.45, 2.75) is 132 Å². The first-order valence-electron chi connectivity index (χ1n) is 18.8. The van der Waals surface area contributed by atoms with Gasteiger partial charge >= 0.3 is 0 Å². The molecule has 48 heavy (non-hydrogen) atoms. The third-order valence-corrected chi connectivity index (χ3v) is 9.92. The van der Waals surface area contributed by atoms with Gasteiger partial charge in [0, 0.05) is 23.3 Å². The maximum absolute atomic E-state index is 12.3. The van der Waals surface area contributed by atoms with Crippen LogP contribution < -0.4 is 10.6 Å². The molecule has 268 valence electrons. The van der Waals surface area contributed by atoms with E-state index in [0.717, 1.165) is 80.2 Å². The van der Waals surface area contributed by atoms with Crippen LogP contribution in [0.1, 0.15) is 126 Å². The van der Waals surface area contributed by atoms with Crippen LogP contribution >= 0.6 is 0 Å². The van der Waals surface area contributed by atoms with Crippen LogP contribution in [0.15, 0.2) is 65.5 Å². The van der Waals surface area contributed by atoms with Gasteiger partial charge in [0.15, 0.2) is 0 Å². The summed E-state index contributed by atoms with van der Waals surface area (Å²) in [5, 5.41) is 29.8. The van der Waals surface area contributed by atoms with Crippen LogP contribution in [0.2, 0.25) is 0 Å². The number of anilines is 1. The Kier molecular flexibility index (Phi) is 17.2. The highest BCUT2D eigenvalue weighted by molar-refractivity contribution is 5.92. The lowest BCUT2D eigenvalue weighted by Gasteiger charge is -2.48. The van der Waals surface area contributed by atoms with Gasteiger partial charge in [0.2, 0.25) is 0 Å². The number of aliphatic hydroxyl groups excluding tert-OH is 1. The molecule has 1 aromatic carbocycles. The van der Waals surface area contributed by atoms with E-state index in [4.69, 9.17) is 0 Å². The molecule has 0 aliphatic heterocycles. The lowest BCUT2D eigenvalue weighted by Crippen LogP contribution is -2.48. The average molecular weight is 661 g/mol. The van der Waals surface area contributed by atoms with E-state index >= 15 is 0 Å². The van der Waals surface area contributed by atoms with Crippen LogP contribution in [0.4, 0.5) is 5.82 Å². The van der Waals surface area contributed by atoms with Gasteiger partial charge in [0.1, 0.15) is 12.1 Å². The second kappa shape index (κ2) is 20.0. The van der Waals surface area contributed by atoms with Gasteiger partial charge in [-0.3, -0.25) is 0 Å². The number of fused-ring (bicyclic) bond motifs is 5. The number of allylic oxidation sites excluding steroid dienone is 5. The van der Waals surface area contributed by atoms with Crippen molar-refractivity contribution in [2.24, 2.45) is 17.3 Å². The fourth-order valence-electron chi connectivity index (χ4n) is 7.78. The molecule has 0 bridgehead atoms. The molecular weight excluding hydrogens is 592 g/mol. The van der Waals surface area contributed by atoms with Crippen molar-refractivity contribution in [3.63, 3.8) is 0 Å². The zero-order chi connectivity index (χ0) is 35.9. The molecule has 4 N–H and O–H groups in total. The summed E-state index contributed by atoms with van der Waals surface area (Å²) in [6.45, 7) is 19.8. The molecule has 0 amide bonds. The Labute approximate surface area is 293 Å². The lowest BCUT2D eigenvalue weighted by molar-refractivity contribution is -0.0330. The van der Waals surface area contributed by atoms with E-state index in [-0.39, 0.29) is 17.4 Å². The van der Waals surface area contributed by atoms with Crippen molar-refractivity contribution in [2.75, 3.05) is 26.0 Å². The molecule has 1 saturated carbocycles. The summed E-state index contributed by atoms with van der Waals surface area (Å²) in [5.41, 5.74) is 6.43. The average Bonchev–Trinajstić information content (AvgIpc) is 3.37. The van der Waals surface area contributed by atoms with Crippen molar-refractivity contribution >= 4 is 22.3 Å². The molecule has 6 rings (SSSR count). The van der Waals surface area contributed by atoms with Crippen LogP contribution in [-0.2, 0) is 0 Å². The molecule has 4 aliphatic rings. The summed E-state index contributed by atoms with van der Waals surface area (Å²) < 4.78 is 0. The zero-order valence-electron chi connectivity index (χ0n) is 32.2. The maximum atomic E-state index is 12.3. The first-order chi connectivity index (χ1) is 23.1. The van der Waals surface area contributed by atoms with Crippen LogP contribution in [-0.4, -0.2) is 52.5 Å². The highest BCUT2D eigenvalue weighted by atomic mass is 16.3. The van der Waals surface area contributed by atoms with Crippen molar-refractivity contribution in [1.29, 1.82) is 0 Å². The Morgan fingerprint density at radius 1 is 1.02 bits per heavy atom. The molecule has 1 fully saturated rings. The summed E-state index contributed by atoms with van der Waals surface area (Å²) in [7, 11) is 3.75. The molecule has 1 aromatic heterocycles. The predicted molar refractivity (Wildman–Crippen MR) is 208 cm³/mol. The minimum absolute atomic E-state index is 0.119. The summed E-state index contributed by atoms with van der Waals surface area (Å²) >= 11 is 0. The third kappa shape index (κ3) is 9.67. The summed E-state index contributed by atoms with van der Waals surface area (Å²) in [6.07, 6.45) is 19.0. The molecule has 0 saturated heterocycles. The van der Waals surface area contributed by atoms with Gasteiger partial charge in [-0.2, -0.15) is 0 Å². The highest BCUT2D eigenvalue weighted by Gasteiger charge is 2.55. The quantitative estimate of drug-likeness (QED) is 0.239. The third-order valence-electron chi connectivity index (χ3n) is 9.92. The van der Waals surface area contributed by atoms with Crippen molar-refractivity contribution < 1.29 is 10.2 Å². The number of hydrogen-bond acceptors (Lipinski definition) is 6. The monoisotopic (exact) mass is 661 g/mol. The van der Waals surface area contributed by atoms with Gasteiger partial charge in [0.25, 0.3) is 0 Å². The molecule has 6 heteroatoms. The molecule has 0 radical (unpaired) electrons. The largest absolute Gasteiger partial charge is 0.393 e.